The maximum Gasteiger partial charge on any atom is 0.259 e. The highest BCUT2D eigenvalue weighted by atomic mass is 16.5. The monoisotopic (exact) mass is 398 g/mol. The Morgan fingerprint density at radius 1 is 1.13 bits per heavy atom. The summed E-state index contributed by atoms with van der Waals surface area (Å²) in [6, 6.07) is 15.3. The lowest BCUT2D eigenvalue weighted by molar-refractivity contribution is 0.0955. The normalized spacial score (nSPS) is 11.2. The molecule has 0 saturated heterocycles. The quantitative estimate of drug-likeness (QED) is 0.474. The van der Waals surface area contributed by atoms with Gasteiger partial charge in [0.15, 0.2) is 5.76 Å². The minimum absolute atomic E-state index is 0.205. The van der Waals surface area contributed by atoms with Crippen LogP contribution in [0.2, 0.25) is 0 Å². The van der Waals surface area contributed by atoms with Gasteiger partial charge in [0.05, 0.1) is 28.4 Å². The summed E-state index contributed by atoms with van der Waals surface area (Å²) in [5, 5.41) is 8.65. The third-order valence-corrected chi connectivity index (χ3v) is 5.00. The summed E-state index contributed by atoms with van der Waals surface area (Å²) < 4.78 is 10.7. The van der Waals surface area contributed by atoms with Crippen LogP contribution in [-0.4, -0.2) is 27.6 Å². The Labute approximate surface area is 171 Å². The van der Waals surface area contributed by atoms with Crippen LogP contribution in [-0.2, 0) is 6.42 Å². The van der Waals surface area contributed by atoms with Crippen LogP contribution in [0.3, 0.4) is 0 Å². The molecule has 7 nitrogen and oxygen atoms in total. The van der Waals surface area contributed by atoms with Crippen molar-refractivity contribution in [3.63, 3.8) is 0 Å². The van der Waals surface area contributed by atoms with Gasteiger partial charge in [-0.25, -0.2) is 4.98 Å². The first-order valence-corrected chi connectivity index (χ1v) is 9.62. The van der Waals surface area contributed by atoms with Crippen LogP contribution in [0.5, 0.6) is 0 Å². The molecule has 0 radical (unpaired) electrons. The van der Waals surface area contributed by atoms with Crippen molar-refractivity contribution < 1.29 is 13.7 Å². The largest absolute Gasteiger partial charge is 0.463 e. The van der Waals surface area contributed by atoms with Crippen molar-refractivity contribution in [1.29, 1.82) is 0 Å². The second-order valence-corrected chi connectivity index (χ2v) is 7.02. The van der Waals surface area contributed by atoms with Gasteiger partial charge >= 0.3 is 0 Å². The summed E-state index contributed by atoms with van der Waals surface area (Å²) in [6.07, 6.45) is 4.05. The molecule has 30 heavy (non-hydrogen) atoms. The standard InChI is InChI=1S/C23H18N4O3/c1-14-21-17(13-19(20-5-3-11-29-20)26-23(21)30-27-14)22(28)25-10-8-15-6-7-18-16(12-15)4-2-9-24-18/h2-7,9,11-13H,8,10H2,1H3,(H,25,28). The Balaban J connectivity index is 1.38. The molecule has 0 atom stereocenters. The highest BCUT2D eigenvalue weighted by Crippen LogP contribution is 2.27. The molecule has 148 valence electrons. The van der Waals surface area contributed by atoms with E-state index in [0.717, 1.165) is 16.5 Å². The van der Waals surface area contributed by atoms with E-state index in [1.54, 1.807) is 37.6 Å². The first-order chi connectivity index (χ1) is 14.7. The van der Waals surface area contributed by atoms with Crippen LogP contribution in [0, 0.1) is 6.92 Å². The Bertz CT molecular complexity index is 1360. The Hall–Kier alpha value is -4.00. The zero-order valence-corrected chi connectivity index (χ0v) is 16.3. The molecular formula is C23H18N4O3. The second-order valence-electron chi connectivity index (χ2n) is 7.02. The number of hydrogen-bond acceptors (Lipinski definition) is 6. The zero-order valence-electron chi connectivity index (χ0n) is 16.3. The summed E-state index contributed by atoms with van der Waals surface area (Å²) >= 11 is 0. The highest BCUT2D eigenvalue weighted by molar-refractivity contribution is 6.06. The van der Waals surface area contributed by atoms with Gasteiger partial charge in [0, 0.05) is 18.1 Å². The van der Waals surface area contributed by atoms with E-state index in [9.17, 15) is 4.79 Å². The van der Waals surface area contributed by atoms with Crippen molar-refractivity contribution in [1.82, 2.24) is 20.4 Å². The van der Waals surface area contributed by atoms with Crippen molar-refractivity contribution >= 4 is 27.9 Å². The van der Waals surface area contributed by atoms with Gasteiger partial charge in [-0.15, -0.1) is 0 Å². The molecule has 4 aromatic heterocycles. The van der Waals surface area contributed by atoms with E-state index in [-0.39, 0.29) is 5.91 Å². The van der Waals surface area contributed by atoms with Crippen LogP contribution in [0.1, 0.15) is 21.6 Å². The van der Waals surface area contributed by atoms with E-state index in [0.29, 0.717) is 46.8 Å². The Morgan fingerprint density at radius 2 is 2.07 bits per heavy atom. The van der Waals surface area contributed by atoms with Gasteiger partial charge < -0.3 is 14.3 Å². The smallest absolute Gasteiger partial charge is 0.259 e. The maximum absolute atomic E-state index is 13.0. The van der Waals surface area contributed by atoms with Crippen molar-refractivity contribution in [2.45, 2.75) is 13.3 Å². The second kappa shape index (κ2) is 7.44. The van der Waals surface area contributed by atoms with E-state index >= 15 is 0 Å². The van der Waals surface area contributed by atoms with E-state index < -0.39 is 0 Å². The average Bonchev–Trinajstić information content (AvgIpc) is 3.43. The number of amides is 1. The van der Waals surface area contributed by atoms with Crippen molar-refractivity contribution in [3.8, 4) is 11.5 Å². The predicted molar refractivity (Wildman–Crippen MR) is 112 cm³/mol. The molecule has 0 saturated carbocycles. The number of hydrogen-bond donors (Lipinski definition) is 1. The topological polar surface area (TPSA) is 94.0 Å². The van der Waals surface area contributed by atoms with E-state index in [4.69, 9.17) is 8.94 Å². The molecule has 0 aliphatic rings. The number of aromatic nitrogens is 3. The molecule has 0 spiro atoms. The molecule has 1 amide bonds. The number of rotatable bonds is 5. The molecule has 0 bridgehead atoms. The molecule has 7 heteroatoms. The molecule has 4 heterocycles. The summed E-state index contributed by atoms with van der Waals surface area (Å²) in [5.41, 5.74) is 4.01. The molecule has 1 N–H and O–H groups in total. The minimum atomic E-state index is -0.205. The van der Waals surface area contributed by atoms with Crippen LogP contribution in [0.4, 0.5) is 0 Å². The third-order valence-electron chi connectivity index (χ3n) is 5.00. The lowest BCUT2D eigenvalue weighted by Crippen LogP contribution is -2.26. The lowest BCUT2D eigenvalue weighted by Gasteiger charge is -2.08. The van der Waals surface area contributed by atoms with Crippen molar-refractivity contribution in [2.24, 2.45) is 0 Å². The maximum atomic E-state index is 13.0. The van der Waals surface area contributed by atoms with E-state index in [1.165, 1.54) is 0 Å². The fourth-order valence-corrected chi connectivity index (χ4v) is 3.52. The van der Waals surface area contributed by atoms with E-state index in [2.05, 4.69) is 26.5 Å². The van der Waals surface area contributed by atoms with Gasteiger partial charge in [0.2, 0.25) is 0 Å². The molecule has 1 aromatic carbocycles. The first-order valence-electron chi connectivity index (χ1n) is 9.62. The fraction of sp³-hybridized carbons (Fsp3) is 0.130. The van der Waals surface area contributed by atoms with Gasteiger partial charge in [-0.3, -0.25) is 9.78 Å². The molecule has 0 unspecified atom stereocenters. The Morgan fingerprint density at radius 3 is 2.93 bits per heavy atom. The average molecular weight is 398 g/mol. The number of nitrogens with one attached hydrogen (secondary N) is 1. The lowest BCUT2D eigenvalue weighted by atomic mass is 10.1. The molecule has 5 rings (SSSR count). The fourth-order valence-electron chi connectivity index (χ4n) is 3.52. The van der Waals surface area contributed by atoms with Gasteiger partial charge in [0.1, 0.15) is 5.69 Å². The molecule has 0 fully saturated rings. The molecular weight excluding hydrogens is 380 g/mol. The minimum Gasteiger partial charge on any atom is -0.463 e. The number of carbonyl (C=O) groups excluding carboxylic acids is 1. The van der Waals surface area contributed by atoms with Crippen LogP contribution in [0.25, 0.3) is 33.5 Å². The van der Waals surface area contributed by atoms with Crippen LogP contribution < -0.4 is 5.32 Å². The van der Waals surface area contributed by atoms with Crippen molar-refractivity contribution in [3.05, 3.63) is 77.8 Å². The number of furan rings is 1. The number of nitrogens with zero attached hydrogens (tertiary/aromatic N) is 3. The van der Waals surface area contributed by atoms with E-state index in [1.807, 2.05) is 24.3 Å². The van der Waals surface area contributed by atoms with Crippen LogP contribution >= 0.6 is 0 Å². The zero-order chi connectivity index (χ0) is 20.5. The van der Waals surface area contributed by atoms with Gasteiger partial charge in [-0.2, -0.15) is 0 Å². The van der Waals surface area contributed by atoms with Gasteiger partial charge in [-0.1, -0.05) is 17.3 Å². The summed E-state index contributed by atoms with van der Waals surface area (Å²) in [6.45, 7) is 2.29. The molecule has 0 aliphatic heterocycles. The highest BCUT2D eigenvalue weighted by Gasteiger charge is 2.20. The number of aryl methyl sites for hydroxylation is 1. The summed E-state index contributed by atoms with van der Waals surface area (Å²) in [7, 11) is 0. The number of pyridine rings is 2. The third kappa shape index (κ3) is 3.30. The number of benzene rings is 1. The predicted octanol–water partition coefficient (Wildman–Crippen LogP) is 4.31. The summed E-state index contributed by atoms with van der Waals surface area (Å²) in [4.78, 5) is 21.7. The Kier molecular flexibility index (Phi) is 4.48. The number of carbonyl (C=O) groups is 1. The first kappa shape index (κ1) is 18.1. The van der Waals surface area contributed by atoms with Crippen molar-refractivity contribution in [2.75, 3.05) is 6.54 Å². The number of fused-ring (bicyclic) bond motifs is 2. The van der Waals surface area contributed by atoms with Gasteiger partial charge in [-0.05, 0) is 55.3 Å². The van der Waals surface area contributed by atoms with Gasteiger partial charge in [0.25, 0.3) is 11.6 Å². The summed E-state index contributed by atoms with van der Waals surface area (Å²) in [5.74, 6) is 0.355. The SMILES string of the molecule is Cc1noc2nc(-c3ccco3)cc(C(=O)NCCc3ccc4ncccc4c3)c12. The van der Waals surface area contributed by atoms with Crippen LogP contribution in [0.15, 0.2) is 69.9 Å². The molecule has 0 aliphatic carbocycles. The molecule has 5 aromatic rings.